The van der Waals surface area contributed by atoms with Crippen LogP contribution in [0.2, 0.25) is 0 Å². The zero-order valence-corrected chi connectivity index (χ0v) is 15.8. The second kappa shape index (κ2) is 7.56. The summed E-state index contributed by atoms with van der Waals surface area (Å²) in [4.78, 5) is 55.9. The van der Waals surface area contributed by atoms with E-state index in [0.29, 0.717) is 11.4 Å². The summed E-state index contributed by atoms with van der Waals surface area (Å²) in [5.41, 5.74) is 0.531. The molecular weight excluding hydrogens is 394 g/mol. The fourth-order valence-electron chi connectivity index (χ4n) is 3.66. The molecule has 2 heterocycles. The van der Waals surface area contributed by atoms with Gasteiger partial charge in [0.25, 0.3) is 11.6 Å². The number of amides is 2. The van der Waals surface area contributed by atoms with E-state index in [4.69, 9.17) is 9.57 Å². The van der Waals surface area contributed by atoms with Gasteiger partial charge in [-0.1, -0.05) is 18.2 Å². The second-order valence-electron chi connectivity index (χ2n) is 6.70. The lowest BCUT2D eigenvalue weighted by molar-refractivity contribution is -0.384. The SMILES string of the molecule is CCOC(=O)[C@H]1[C@@H]2C(=O)N(c3ccccc3)C(=O)[C@@H]2ON1c1ccc([N+](=O)[O-])cc1. The van der Waals surface area contributed by atoms with Gasteiger partial charge in [-0.15, -0.1) is 0 Å². The van der Waals surface area contributed by atoms with Crippen molar-refractivity contribution in [3.63, 3.8) is 0 Å². The van der Waals surface area contributed by atoms with Crippen molar-refractivity contribution in [3.8, 4) is 0 Å². The number of benzene rings is 2. The maximum atomic E-state index is 13.1. The third kappa shape index (κ3) is 3.07. The van der Waals surface area contributed by atoms with Gasteiger partial charge in [0.05, 0.1) is 22.9 Å². The third-order valence-corrected chi connectivity index (χ3v) is 4.97. The van der Waals surface area contributed by atoms with Gasteiger partial charge in [0.2, 0.25) is 5.91 Å². The van der Waals surface area contributed by atoms with Gasteiger partial charge in [0.15, 0.2) is 12.1 Å². The molecule has 10 nitrogen and oxygen atoms in total. The first-order valence-corrected chi connectivity index (χ1v) is 9.24. The van der Waals surface area contributed by atoms with Crippen LogP contribution >= 0.6 is 0 Å². The highest BCUT2D eigenvalue weighted by atomic mass is 16.7. The maximum Gasteiger partial charge on any atom is 0.332 e. The molecule has 3 atom stereocenters. The van der Waals surface area contributed by atoms with Crippen molar-refractivity contribution in [1.29, 1.82) is 0 Å². The van der Waals surface area contributed by atoms with Crippen molar-refractivity contribution in [2.24, 2.45) is 5.92 Å². The lowest BCUT2D eigenvalue weighted by Gasteiger charge is -2.26. The number of non-ortho nitro benzene ring substituents is 1. The molecule has 0 bridgehead atoms. The van der Waals surface area contributed by atoms with Crippen molar-refractivity contribution in [1.82, 2.24) is 0 Å². The largest absolute Gasteiger partial charge is 0.464 e. The Bertz CT molecular complexity index is 1010. The first-order valence-electron chi connectivity index (χ1n) is 9.24. The summed E-state index contributed by atoms with van der Waals surface area (Å²) in [6, 6.07) is 12.4. The molecule has 2 saturated heterocycles. The van der Waals surface area contributed by atoms with Crippen molar-refractivity contribution in [3.05, 3.63) is 64.7 Å². The molecule has 4 rings (SSSR count). The van der Waals surface area contributed by atoms with Gasteiger partial charge in [-0.3, -0.25) is 24.5 Å². The van der Waals surface area contributed by atoms with Crippen LogP contribution in [0, 0.1) is 16.0 Å². The minimum Gasteiger partial charge on any atom is -0.464 e. The van der Waals surface area contributed by atoms with Gasteiger partial charge in [-0.25, -0.2) is 14.8 Å². The van der Waals surface area contributed by atoms with Gasteiger partial charge in [0, 0.05) is 12.1 Å². The number of carbonyl (C=O) groups is 3. The Kier molecular flexibility index (Phi) is 4.92. The highest BCUT2D eigenvalue weighted by Gasteiger charge is 2.62. The standard InChI is InChI=1S/C20H17N3O7/c1-2-29-20(26)16-15-17(19(25)21(18(15)24)12-6-4-3-5-7-12)30-22(16)13-8-10-14(11-9-13)23(27)28/h3-11,15-17H,2H2,1H3/t15-,16+,17+/m0/s1. The predicted octanol–water partition coefficient (Wildman–Crippen LogP) is 1.84. The molecule has 0 aromatic heterocycles. The van der Waals surface area contributed by atoms with E-state index < -0.39 is 40.8 Å². The van der Waals surface area contributed by atoms with Crippen LogP contribution < -0.4 is 9.96 Å². The highest BCUT2D eigenvalue weighted by Crippen LogP contribution is 2.41. The number of para-hydroxylation sites is 1. The van der Waals surface area contributed by atoms with Crippen LogP contribution in [-0.4, -0.2) is 41.5 Å². The molecule has 0 unspecified atom stereocenters. The number of anilines is 2. The first-order chi connectivity index (χ1) is 14.4. The minimum atomic E-state index is -1.21. The molecule has 10 heteroatoms. The van der Waals surface area contributed by atoms with E-state index in [2.05, 4.69) is 0 Å². The quantitative estimate of drug-likeness (QED) is 0.316. The van der Waals surface area contributed by atoms with Crippen LogP contribution in [0.1, 0.15) is 6.92 Å². The Morgan fingerprint density at radius 2 is 1.73 bits per heavy atom. The van der Waals surface area contributed by atoms with Crippen molar-refractivity contribution >= 4 is 34.8 Å². The fraction of sp³-hybridized carbons (Fsp3) is 0.250. The van der Waals surface area contributed by atoms with E-state index >= 15 is 0 Å². The third-order valence-electron chi connectivity index (χ3n) is 4.97. The number of nitrogens with zero attached hydrogens (tertiary/aromatic N) is 3. The Labute approximate surface area is 170 Å². The van der Waals surface area contributed by atoms with Crippen LogP contribution in [0.5, 0.6) is 0 Å². The van der Waals surface area contributed by atoms with Crippen molar-refractivity contribution in [2.45, 2.75) is 19.1 Å². The summed E-state index contributed by atoms with van der Waals surface area (Å²) in [5, 5.41) is 12.0. The summed E-state index contributed by atoms with van der Waals surface area (Å²) >= 11 is 0. The first kappa shape index (κ1) is 19.5. The van der Waals surface area contributed by atoms with Gasteiger partial charge in [-0.2, -0.15) is 0 Å². The molecule has 0 aliphatic carbocycles. The average Bonchev–Trinajstić information content (AvgIpc) is 3.25. The van der Waals surface area contributed by atoms with E-state index in [-0.39, 0.29) is 12.3 Å². The number of hydroxylamine groups is 1. The molecule has 2 fully saturated rings. The number of fused-ring (bicyclic) bond motifs is 1. The van der Waals surface area contributed by atoms with Crippen LogP contribution in [0.3, 0.4) is 0 Å². The number of hydrogen-bond acceptors (Lipinski definition) is 8. The van der Waals surface area contributed by atoms with E-state index in [0.717, 1.165) is 9.96 Å². The zero-order chi connectivity index (χ0) is 21.4. The fourth-order valence-corrected chi connectivity index (χ4v) is 3.66. The van der Waals surface area contributed by atoms with Crippen LogP contribution in [0.4, 0.5) is 17.1 Å². The Hall–Kier alpha value is -3.79. The lowest BCUT2D eigenvalue weighted by atomic mass is 9.96. The molecule has 0 N–H and O–H groups in total. The molecule has 0 radical (unpaired) electrons. The number of nitro benzene ring substituents is 1. The number of rotatable bonds is 5. The number of nitro groups is 1. The molecule has 2 aliphatic rings. The normalized spacial score (nSPS) is 22.9. The van der Waals surface area contributed by atoms with Crippen LogP contribution in [0.25, 0.3) is 0 Å². The molecule has 2 aliphatic heterocycles. The van der Waals surface area contributed by atoms with Crippen molar-refractivity contribution < 1.29 is 28.9 Å². The topological polar surface area (TPSA) is 119 Å². The van der Waals surface area contributed by atoms with Crippen LogP contribution in [0.15, 0.2) is 54.6 Å². The molecule has 0 saturated carbocycles. The lowest BCUT2D eigenvalue weighted by Crippen LogP contribution is -2.45. The van der Waals surface area contributed by atoms with E-state index in [9.17, 15) is 24.5 Å². The Morgan fingerprint density at radius 3 is 2.33 bits per heavy atom. The molecule has 2 aromatic rings. The number of esters is 1. The maximum absolute atomic E-state index is 13.1. The highest BCUT2D eigenvalue weighted by molar-refractivity contribution is 6.24. The number of ether oxygens (including phenoxy) is 1. The zero-order valence-electron chi connectivity index (χ0n) is 15.8. The number of carbonyl (C=O) groups excluding carboxylic acids is 3. The molecule has 2 amide bonds. The van der Waals surface area contributed by atoms with E-state index in [1.807, 2.05) is 0 Å². The smallest absolute Gasteiger partial charge is 0.332 e. The van der Waals surface area contributed by atoms with Gasteiger partial charge >= 0.3 is 5.97 Å². The Morgan fingerprint density at radius 1 is 1.07 bits per heavy atom. The average molecular weight is 411 g/mol. The van der Waals surface area contributed by atoms with E-state index in [1.165, 1.54) is 24.3 Å². The molecule has 154 valence electrons. The van der Waals surface area contributed by atoms with E-state index in [1.54, 1.807) is 37.3 Å². The van der Waals surface area contributed by atoms with Gasteiger partial charge in [-0.05, 0) is 31.2 Å². The van der Waals surface area contributed by atoms with Crippen LogP contribution in [-0.2, 0) is 24.0 Å². The predicted molar refractivity (Wildman–Crippen MR) is 103 cm³/mol. The van der Waals surface area contributed by atoms with Crippen molar-refractivity contribution in [2.75, 3.05) is 16.6 Å². The molecular formula is C20H17N3O7. The summed E-state index contributed by atoms with van der Waals surface area (Å²) in [7, 11) is 0. The molecule has 2 aromatic carbocycles. The summed E-state index contributed by atoms with van der Waals surface area (Å²) in [5.74, 6) is -2.99. The van der Waals surface area contributed by atoms with Gasteiger partial charge in [0.1, 0.15) is 5.92 Å². The molecule has 30 heavy (non-hydrogen) atoms. The second-order valence-corrected chi connectivity index (χ2v) is 6.70. The summed E-state index contributed by atoms with van der Waals surface area (Å²) < 4.78 is 5.12. The molecule has 0 spiro atoms. The monoisotopic (exact) mass is 411 g/mol. The number of hydrogen-bond donors (Lipinski definition) is 0. The number of imide groups is 1. The summed E-state index contributed by atoms with van der Waals surface area (Å²) in [6.07, 6.45) is -1.21. The van der Waals surface area contributed by atoms with Gasteiger partial charge < -0.3 is 4.74 Å². The minimum absolute atomic E-state index is 0.0748. The summed E-state index contributed by atoms with van der Waals surface area (Å²) in [6.45, 7) is 1.70. The Balaban J connectivity index is 1.70.